The smallest absolute Gasteiger partial charge is 0.319 e. The van der Waals surface area contributed by atoms with Crippen LogP contribution >= 0.6 is 0 Å². The fourth-order valence-electron chi connectivity index (χ4n) is 2.55. The third-order valence-electron chi connectivity index (χ3n) is 3.74. The van der Waals surface area contributed by atoms with Crippen LogP contribution in [0.2, 0.25) is 0 Å². The number of amides is 3. The molecule has 0 bridgehead atoms. The van der Waals surface area contributed by atoms with Gasteiger partial charge in [0.05, 0.1) is 0 Å². The first-order valence-corrected chi connectivity index (χ1v) is 8.72. The molecule has 0 aliphatic carbocycles. The SMILES string of the molecule is C=CCN(Cc1ccccc1F)C(=O)c1cccc(NC(=O)NC(C)C)c1. The first-order chi connectivity index (χ1) is 12.9. The van der Waals surface area contributed by atoms with Crippen LogP contribution in [-0.2, 0) is 6.54 Å². The molecule has 0 saturated heterocycles. The number of hydrogen-bond donors (Lipinski definition) is 2. The number of nitrogens with one attached hydrogen (secondary N) is 2. The number of halogens is 1. The number of carbonyl (C=O) groups excluding carboxylic acids is 2. The lowest BCUT2D eigenvalue weighted by molar-refractivity contribution is 0.0761. The topological polar surface area (TPSA) is 61.4 Å². The molecule has 2 rings (SSSR count). The predicted octanol–water partition coefficient (Wildman–Crippen LogP) is 4.18. The molecule has 142 valence electrons. The average molecular weight is 369 g/mol. The largest absolute Gasteiger partial charge is 0.336 e. The molecule has 3 amide bonds. The molecule has 0 unspecified atom stereocenters. The van der Waals surface area contributed by atoms with Gasteiger partial charge in [-0.2, -0.15) is 0 Å². The molecule has 0 fully saturated rings. The number of benzene rings is 2. The summed E-state index contributed by atoms with van der Waals surface area (Å²) in [6, 6.07) is 12.6. The van der Waals surface area contributed by atoms with Crippen molar-refractivity contribution >= 4 is 17.6 Å². The van der Waals surface area contributed by atoms with E-state index in [1.807, 2.05) is 13.8 Å². The van der Waals surface area contributed by atoms with Gasteiger partial charge < -0.3 is 15.5 Å². The number of urea groups is 1. The normalized spacial score (nSPS) is 10.4. The van der Waals surface area contributed by atoms with E-state index in [1.54, 1.807) is 48.5 Å². The quantitative estimate of drug-likeness (QED) is 0.719. The summed E-state index contributed by atoms with van der Waals surface area (Å²) < 4.78 is 13.9. The maximum Gasteiger partial charge on any atom is 0.319 e. The molecule has 0 heterocycles. The average Bonchev–Trinajstić information content (AvgIpc) is 2.62. The van der Waals surface area contributed by atoms with E-state index in [2.05, 4.69) is 17.2 Å². The van der Waals surface area contributed by atoms with Gasteiger partial charge in [-0.05, 0) is 38.1 Å². The standard InChI is InChI=1S/C21H24FN3O2/c1-4-12-25(14-17-8-5-6-11-19(17)22)20(26)16-9-7-10-18(13-16)24-21(27)23-15(2)3/h4-11,13,15H,1,12,14H2,2-3H3,(H2,23,24,27). The minimum absolute atomic E-state index is 0.00123. The van der Waals surface area contributed by atoms with Gasteiger partial charge >= 0.3 is 6.03 Å². The summed E-state index contributed by atoms with van der Waals surface area (Å²) in [5.74, 6) is -0.633. The van der Waals surface area contributed by atoms with E-state index in [0.717, 1.165) is 0 Å². The molecule has 2 aromatic rings. The van der Waals surface area contributed by atoms with Crippen molar-refractivity contribution in [2.45, 2.75) is 26.4 Å². The van der Waals surface area contributed by atoms with E-state index in [-0.39, 0.29) is 36.9 Å². The second-order valence-electron chi connectivity index (χ2n) is 6.40. The molecule has 2 aromatic carbocycles. The Bertz CT molecular complexity index is 821. The summed E-state index contributed by atoms with van der Waals surface area (Å²) in [7, 11) is 0. The van der Waals surface area contributed by atoms with Crippen LogP contribution in [0.5, 0.6) is 0 Å². The molecule has 0 aliphatic heterocycles. The van der Waals surface area contributed by atoms with Gasteiger partial charge in [-0.15, -0.1) is 6.58 Å². The fraction of sp³-hybridized carbons (Fsp3) is 0.238. The van der Waals surface area contributed by atoms with Crippen LogP contribution in [0.25, 0.3) is 0 Å². The van der Waals surface area contributed by atoms with Crippen molar-refractivity contribution in [1.29, 1.82) is 0 Å². The summed E-state index contributed by atoms with van der Waals surface area (Å²) in [5.41, 5.74) is 1.33. The van der Waals surface area contributed by atoms with E-state index < -0.39 is 0 Å². The van der Waals surface area contributed by atoms with Gasteiger partial charge in [0.15, 0.2) is 0 Å². The van der Waals surface area contributed by atoms with Crippen molar-refractivity contribution in [2.75, 3.05) is 11.9 Å². The van der Waals surface area contributed by atoms with Gasteiger partial charge in [0.1, 0.15) is 5.82 Å². The summed E-state index contributed by atoms with van der Waals surface area (Å²) in [6.45, 7) is 7.79. The zero-order valence-electron chi connectivity index (χ0n) is 15.5. The maximum atomic E-state index is 13.9. The monoisotopic (exact) mass is 369 g/mol. The summed E-state index contributed by atoms with van der Waals surface area (Å²) in [5, 5.41) is 5.42. The van der Waals surface area contributed by atoms with E-state index >= 15 is 0 Å². The Morgan fingerprint density at radius 3 is 2.59 bits per heavy atom. The molecular weight excluding hydrogens is 345 g/mol. The van der Waals surface area contributed by atoms with Gasteiger partial charge in [-0.3, -0.25) is 4.79 Å². The van der Waals surface area contributed by atoms with Crippen LogP contribution in [0.1, 0.15) is 29.8 Å². The van der Waals surface area contributed by atoms with Gasteiger partial charge in [0.25, 0.3) is 5.91 Å². The molecule has 27 heavy (non-hydrogen) atoms. The van der Waals surface area contributed by atoms with Crippen LogP contribution in [-0.4, -0.2) is 29.4 Å². The summed E-state index contributed by atoms with van der Waals surface area (Å²) in [6.07, 6.45) is 1.59. The summed E-state index contributed by atoms with van der Waals surface area (Å²) >= 11 is 0. The highest BCUT2D eigenvalue weighted by atomic mass is 19.1. The predicted molar refractivity (Wildman–Crippen MR) is 105 cm³/mol. The van der Waals surface area contributed by atoms with Crippen LogP contribution in [0.4, 0.5) is 14.9 Å². The number of anilines is 1. The lowest BCUT2D eigenvalue weighted by Crippen LogP contribution is -2.34. The van der Waals surface area contributed by atoms with Gasteiger partial charge in [-0.25, -0.2) is 9.18 Å². The molecule has 2 N–H and O–H groups in total. The van der Waals surface area contributed by atoms with Crippen molar-refractivity contribution < 1.29 is 14.0 Å². The molecule has 0 aromatic heterocycles. The lowest BCUT2D eigenvalue weighted by Gasteiger charge is -2.22. The van der Waals surface area contributed by atoms with E-state index in [1.165, 1.54) is 11.0 Å². The highest BCUT2D eigenvalue weighted by molar-refractivity contribution is 5.97. The van der Waals surface area contributed by atoms with Crippen LogP contribution in [0, 0.1) is 5.82 Å². The minimum atomic E-state index is -0.361. The lowest BCUT2D eigenvalue weighted by atomic mass is 10.1. The van der Waals surface area contributed by atoms with E-state index in [4.69, 9.17) is 0 Å². The van der Waals surface area contributed by atoms with Crippen molar-refractivity contribution in [1.82, 2.24) is 10.2 Å². The zero-order valence-corrected chi connectivity index (χ0v) is 15.5. The molecule has 0 saturated carbocycles. The molecule has 0 radical (unpaired) electrons. The second-order valence-corrected chi connectivity index (χ2v) is 6.40. The fourth-order valence-corrected chi connectivity index (χ4v) is 2.55. The highest BCUT2D eigenvalue weighted by Crippen LogP contribution is 2.16. The van der Waals surface area contributed by atoms with Crippen LogP contribution < -0.4 is 10.6 Å². The van der Waals surface area contributed by atoms with Crippen molar-refractivity contribution in [2.24, 2.45) is 0 Å². The highest BCUT2D eigenvalue weighted by Gasteiger charge is 2.17. The zero-order chi connectivity index (χ0) is 19.8. The Labute approximate surface area is 158 Å². The molecule has 0 aliphatic rings. The van der Waals surface area contributed by atoms with Crippen molar-refractivity contribution in [3.8, 4) is 0 Å². The Morgan fingerprint density at radius 2 is 1.93 bits per heavy atom. The second kappa shape index (κ2) is 9.52. The third kappa shape index (κ3) is 5.95. The summed E-state index contributed by atoms with van der Waals surface area (Å²) in [4.78, 5) is 26.2. The van der Waals surface area contributed by atoms with Crippen molar-refractivity contribution in [3.05, 3.63) is 78.1 Å². The number of nitrogens with zero attached hydrogens (tertiary/aromatic N) is 1. The first kappa shape index (κ1) is 20.2. The van der Waals surface area contributed by atoms with Crippen LogP contribution in [0.15, 0.2) is 61.2 Å². The molecule has 6 heteroatoms. The maximum absolute atomic E-state index is 13.9. The number of hydrogen-bond acceptors (Lipinski definition) is 2. The third-order valence-corrected chi connectivity index (χ3v) is 3.74. The Hall–Kier alpha value is -3.15. The van der Waals surface area contributed by atoms with E-state index in [9.17, 15) is 14.0 Å². The Balaban J connectivity index is 2.17. The number of carbonyl (C=O) groups is 2. The minimum Gasteiger partial charge on any atom is -0.336 e. The van der Waals surface area contributed by atoms with Crippen LogP contribution in [0.3, 0.4) is 0 Å². The molecule has 0 spiro atoms. The van der Waals surface area contributed by atoms with Gasteiger partial charge in [0.2, 0.25) is 0 Å². The molecule has 0 atom stereocenters. The van der Waals surface area contributed by atoms with Crippen molar-refractivity contribution in [3.63, 3.8) is 0 Å². The molecular formula is C21H24FN3O2. The Kier molecular flexibility index (Phi) is 7.11. The Morgan fingerprint density at radius 1 is 1.19 bits per heavy atom. The first-order valence-electron chi connectivity index (χ1n) is 8.72. The van der Waals surface area contributed by atoms with Gasteiger partial charge in [0, 0.05) is 35.9 Å². The van der Waals surface area contributed by atoms with Gasteiger partial charge in [-0.1, -0.05) is 30.3 Å². The molecule has 5 nitrogen and oxygen atoms in total. The van der Waals surface area contributed by atoms with E-state index in [0.29, 0.717) is 16.8 Å². The number of rotatable bonds is 7.